The van der Waals surface area contributed by atoms with Gasteiger partial charge >= 0.3 is 5.97 Å². The summed E-state index contributed by atoms with van der Waals surface area (Å²) in [7, 11) is 0. The third kappa shape index (κ3) is 5.10. The molecule has 1 aliphatic heterocycles. The zero-order valence-corrected chi connectivity index (χ0v) is 24.0. The second-order valence-electron chi connectivity index (χ2n) is 10.4. The number of Topliss-reactive ketones (excluding diaryl/α,β-unsaturated/α-hetero) is 1. The van der Waals surface area contributed by atoms with Crippen LogP contribution in [0.25, 0.3) is 22.2 Å². The number of amides is 2. The standard InChI is InChI=1S/C33H24Cl2N2O5/c1-18-6-13-28-25(14-18)26(33(41)42-17-30(38)24-12-9-20(34)15-27(24)35)16-29(36-28)19-7-10-21(11-8-19)37-31(39)22-4-2-3-5-23(22)32(37)40/h2-3,6-16,22-23H,4-5,17H2,1H3. The Bertz CT molecular complexity index is 1790. The molecule has 2 aliphatic rings. The minimum absolute atomic E-state index is 0.173. The summed E-state index contributed by atoms with van der Waals surface area (Å²) in [5.74, 6) is -2.14. The molecule has 210 valence electrons. The number of aromatic nitrogens is 1. The Hall–Kier alpha value is -4.33. The molecule has 3 aromatic carbocycles. The van der Waals surface area contributed by atoms with E-state index in [2.05, 4.69) is 0 Å². The summed E-state index contributed by atoms with van der Waals surface area (Å²) < 4.78 is 5.43. The molecule has 1 aromatic heterocycles. The molecule has 0 saturated carbocycles. The van der Waals surface area contributed by atoms with Gasteiger partial charge in [-0.1, -0.05) is 59.1 Å². The van der Waals surface area contributed by atoms with E-state index in [9.17, 15) is 19.2 Å². The van der Waals surface area contributed by atoms with Crippen molar-refractivity contribution in [1.29, 1.82) is 0 Å². The molecule has 42 heavy (non-hydrogen) atoms. The molecule has 2 atom stereocenters. The Balaban J connectivity index is 1.28. The lowest BCUT2D eigenvalue weighted by Gasteiger charge is -2.15. The number of esters is 1. The van der Waals surface area contributed by atoms with E-state index < -0.39 is 18.4 Å². The van der Waals surface area contributed by atoms with Crippen molar-refractivity contribution in [2.24, 2.45) is 11.8 Å². The van der Waals surface area contributed by atoms with Crippen molar-refractivity contribution in [1.82, 2.24) is 4.98 Å². The van der Waals surface area contributed by atoms with Gasteiger partial charge in [-0.25, -0.2) is 9.78 Å². The summed E-state index contributed by atoms with van der Waals surface area (Å²) in [5.41, 5.74) is 3.62. The minimum Gasteiger partial charge on any atom is -0.454 e. The highest BCUT2D eigenvalue weighted by molar-refractivity contribution is 6.37. The van der Waals surface area contributed by atoms with Crippen molar-refractivity contribution in [2.75, 3.05) is 11.5 Å². The van der Waals surface area contributed by atoms with Gasteiger partial charge in [0.2, 0.25) is 17.6 Å². The van der Waals surface area contributed by atoms with E-state index >= 15 is 0 Å². The SMILES string of the molecule is Cc1ccc2nc(-c3ccc(N4C(=O)C5CC=CCC5C4=O)cc3)cc(C(=O)OCC(=O)c3ccc(Cl)cc3Cl)c2c1. The number of nitrogens with zero attached hydrogens (tertiary/aromatic N) is 2. The van der Waals surface area contributed by atoms with E-state index in [1.807, 2.05) is 37.3 Å². The predicted molar refractivity (Wildman–Crippen MR) is 161 cm³/mol. The summed E-state index contributed by atoms with van der Waals surface area (Å²) in [6.45, 7) is 1.40. The fourth-order valence-corrected chi connectivity index (χ4v) is 6.01. The highest BCUT2D eigenvalue weighted by Crippen LogP contribution is 2.38. The monoisotopic (exact) mass is 598 g/mol. The van der Waals surface area contributed by atoms with E-state index in [1.165, 1.54) is 17.0 Å². The first-order chi connectivity index (χ1) is 20.2. The maximum Gasteiger partial charge on any atom is 0.339 e. The van der Waals surface area contributed by atoms with E-state index in [0.717, 1.165) is 5.56 Å². The smallest absolute Gasteiger partial charge is 0.339 e. The predicted octanol–water partition coefficient (Wildman–Crippen LogP) is 7.01. The minimum atomic E-state index is -0.686. The fourth-order valence-electron chi connectivity index (χ4n) is 5.49. The number of benzene rings is 3. The van der Waals surface area contributed by atoms with Crippen LogP contribution in [0, 0.1) is 18.8 Å². The largest absolute Gasteiger partial charge is 0.454 e. The lowest BCUT2D eigenvalue weighted by atomic mass is 9.85. The number of carbonyl (C=O) groups excluding carboxylic acids is 4. The Kier molecular flexibility index (Phi) is 7.39. The summed E-state index contributed by atoms with van der Waals surface area (Å²) in [4.78, 5) is 58.1. The molecule has 2 heterocycles. The Morgan fingerprint density at radius 3 is 2.24 bits per heavy atom. The Labute approximate surface area is 251 Å². The van der Waals surface area contributed by atoms with Gasteiger partial charge in [0.15, 0.2) is 6.61 Å². The van der Waals surface area contributed by atoms with Crippen LogP contribution in [0.15, 0.2) is 78.9 Å². The molecule has 0 spiro atoms. The second kappa shape index (κ2) is 11.2. The number of imide groups is 1. The van der Waals surface area contributed by atoms with Crippen molar-refractivity contribution in [3.05, 3.63) is 106 Å². The average molecular weight is 599 g/mol. The molecule has 7 nitrogen and oxygen atoms in total. The number of ketones is 1. The van der Waals surface area contributed by atoms with Gasteiger partial charge in [-0.2, -0.15) is 0 Å². The number of allylic oxidation sites excluding steroid dienone is 2. The van der Waals surface area contributed by atoms with Crippen molar-refractivity contribution < 1.29 is 23.9 Å². The zero-order valence-electron chi connectivity index (χ0n) is 22.5. The zero-order chi connectivity index (χ0) is 29.5. The number of carbonyl (C=O) groups is 4. The van der Waals surface area contributed by atoms with Crippen LogP contribution in [-0.2, 0) is 14.3 Å². The van der Waals surface area contributed by atoms with Gasteiger partial charge in [0.25, 0.3) is 0 Å². The topological polar surface area (TPSA) is 93.6 Å². The number of pyridine rings is 1. The molecule has 0 bridgehead atoms. The average Bonchev–Trinajstić information content (AvgIpc) is 3.24. The summed E-state index contributed by atoms with van der Waals surface area (Å²) in [6, 6.07) is 18.6. The van der Waals surface area contributed by atoms with Gasteiger partial charge in [-0.05, 0) is 68.3 Å². The molecule has 1 aliphatic carbocycles. The number of rotatable bonds is 6. The molecule has 0 radical (unpaired) electrons. The van der Waals surface area contributed by atoms with Crippen LogP contribution in [-0.4, -0.2) is 35.2 Å². The Morgan fingerprint density at radius 1 is 0.881 bits per heavy atom. The molecule has 1 fully saturated rings. The lowest BCUT2D eigenvalue weighted by molar-refractivity contribution is -0.122. The molecular weight excluding hydrogens is 575 g/mol. The van der Waals surface area contributed by atoms with Crippen LogP contribution in [0.3, 0.4) is 0 Å². The number of aryl methyl sites for hydroxylation is 1. The van der Waals surface area contributed by atoms with Gasteiger partial charge in [-0.15, -0.1) is 0 Å². The van der Waals surface area contributed by atoms with Crippen molar-refractivity contribution in [2.45, 2.75) is 19.8 Å². The fraction of sp³-hybridized carbons (Fsp3) is 0.182. The normalized spacial score (nSPS) is 17.9. The number of fused-ring (bicyclic) bond motifs is 2. The van der Waals surface area contributed by atoms with Gasteiger partial charge < -0.3 is 4.74 Å². The van der Waals surface area contributed by atoms with Crippen molar-refractivity contribution >= 4 is 63.4 Å². The quantitative estimate of drug-likeness (QED) is 0.102. The molecule has 4 aromatic rings. The number of hydrogen-bond acceptors (Lipinski definition) is 6. The number of hydrogen-bond donors (Lipinski definition) is 0. The van der Waals surface area contributed by atoms with Crippen LogP contribution >= 0.6 is 23.2 Å². The first kappa shape index (κ1) is 27.8. The highest BCUT2D eigenvalue weighted by Gasteiger charge is 2.47. The van der Waals surface area contributed by atoms with Crippen LogP contribution in [0.5, 0.6) is 0 Å². The molecule has 0 N–H and O–H groups in total. The molecule has 2 unspecified atom stereocenters. The molecule has 6 rings (SSSR count). The third-order valence-corrected chi connectivity index (χ3v) is 8.23. The first-order valence-electron chi connectivity index (χ1n) is 13.4. The van der Waals surface area contributed by atoms with E-state index in [1.54, 1.807) is 36.4 Å². The number of halogens is 2. The Morgan fingerprint density at radius 2 is 1.57 bits per heavy atom. The molecule has 9 heteroatoms. The van der Waals surface area contributed by atoms with Gasteiger partial charge in [-0.3, -0.25) is 19.3 Å². The lowest BCUT2D eigenvalue weighted by Crippen LogP contribution is -2.30. The van der Waals surface area contributed by atoms with Crippen LogP contribution < -0.4 is 4.90 Å². The maximum atomic E-state index is 13.3. The third-order valence-electron chi connectivity index (χ3n) is 7.68. The van der Waals surface area contributed by atoms with Gasteiger partial charge in [0.05, 0.1) is 39.3 Å². The maximum absolute atomic E-state index is 13.3. The second-order valence-corrected chi connectivity index (χ2v) is 11.3. The van der Waals surface area contributed by atoms with Crippen LogP contribution in [0.1, 0.15) is 39.1 Å². The van der Waals surface area contributed by atoms with Crippen LogP contribution in [0.2, 0.25) is 10.0 Å². The van der Waals surface area contributed by atoms with E-state index in [-0.39, 0.29) is 39.8 Å². The highest BCUT2D eigenvalue weighted by atomic mass is 35.5. The van der Waals surface area contributed by atoms with Crippen LogP contribution in [0.4, 0.5) is 5.69 Å². The van der Waals surface area contributed by atoms with Gasteiger partial charge in [0, 0.05) is 21.5 Å². The summed E-state index contributed by atoms with van der Waals surface area (Å²) in [5, 5.41) is 1.15. The molecule has 2 amide bonds. The van der Waals surface area contributed by atoms with Crippen molar-refractivity contribution in [3.63, 3.8) is 0 Å². The number of anilines is 1. The summed E-state index contributed by atoms with van der Waals surface area (Å²) >= 11 is 12.1. The van der Waals surface area contributed by atoms with Gasteiger partial charge in [0.1, 0.15) is 0 Å². The van der Waals surface area contributed by atoms with Crippen molar-refractivity contribution in [3.8, 4) is 11.3 Å². The summed E-state index contributed by atoms with van der Waals surface area (Å²) in [6.07, 6.45) is 5.05. The molecule has 1 saturated heterocycles. The number of ether oxygens (including phenoxy) is 1. The van der Waals surface area contributed by atoms with E-state index in [0.29, 0.717) is 45.7 Å². The first-order valence-corrected chi connectivity index (χ1v) is 14.2. The molecular formula is C33H24Cl2N2O5. The van der Waals surface area contributed by atoms with E-state index in [4.69, 9.17) is 32.9 Å².